The molecular weight excluding hydrogens is 180 g/mol. The van der Waals surface area contributed by atoms with E-state index in [0.717, 1.165) is 12.8 Å². The molecule has 0 aromatic heterocycles. The van der Waals surface area contributed by atoms with Crippen LogP contribution in [0.5, 0.6) is 0 Å². The van der Waals surface area contributed by atoms with E-state index in [-0.39, 0.29) is 5.92 Å². The van der Waals surface area contributed by atoms with Gasteiger partial charge in [0.1, 0.15) is 5.25 Å². The van der Waals surface area contributed by atoms with Crippen molar-refractivity contribution in [2.24, 2.45) is 5.92 Å². The second-order valence-electron chi connectivity index (χ2n) is 3.32. The Labute approximate surface area is 71.0 Å². The van der Waals surface area contributed by atoms with Gasteiger partial charge in [0.05, 0.1) is 5.92 Å². The molecule has 12 heavy (non-hydrogen) atoms. The van der Waals surface area contributed by atoms with Gasteiger partial charge in [0.25, 0.3) is 0 Å². The number of carbonyl (C=O) groups is 1. The fraction of sp³-hybridized carbons (Fsp3) is 0.857. The first-order valence-electron chi connectivity index (χ1n) is 4.08. The van der Waals surface area contributed by atoms with Crippen molar-refractivity contribution >= 4 is 16.1 Å². The molecule has 2 aliphatic rings. The van der Waals surface area contributed by atoms with Crippen molar-refractivity contribution in [1.82, 2.24) is 0 Å². The second-order valence-corrected chi connectivity index (χ2v) is 5.08. The Morgan fingerprint density at radius 1 is 1.25 bits per heavy atom. The summed E-state index contributed by atoms with van der Waals surface area (Å²) in [6.45, 7) is 0. The molecule has 2 rings (SSSR count). The summed E-state index contributed by atoms with van der Waals surface area (Å²) in [7, 11) is -3.55. The fourth-order valence-corrected chi connectivity index (χ4v) is 3.53. The molecule has 1 saturated carbocycles. The maximum absolute atomic E-state index is 11.2. The van der Waals surface area contributed by atoms with Gasteiger partial charge in [0.15, 0.2) is 0 Å². The molecule has 0 N–H and O–H groups in total. The average Bonchev–Trinajstić information content (AvgIpc) is 2.25. The molecule has 1 aliphatic carbocycles. The fourth-order valence-electron chi connectivity index (χ4n) is 1.95. The van der Waals surface area contributed by atoms with Crippen LogP contribution in [0.3, 0.4) is 0 Å². The van der Waals surface area contributed by atoms with Gasteiger partial charge < -0.3 is 4.18 Å². The molecule has 0 aromatic carbocycles. The van der Waals surface area contributed by atoms with Crippen molar-refractivity contribution < 1.29 is 17.4 Å². The summed E-state index contributed by atoms with van der Waals surface area (Å²) in [5.74, 6) is -0.913. The third-order valence-corrected chi connectivity index (χ3v) is 4.28. The first-order valence-corrected chi connectivity index (χ1v) is 5.55. The molecule has 1 saturated heterocycles. The molecule has 2 atom stereocenters. The Hall–Kier alpha value is -0.580. The highest BCUT2D eigenvalue weighted by Gasteiger charge is 2.49. The van der Waals surface area contributed by atoms with Gasteiger partial charge in [-0.15, -0.1) is 0 Å². The lowest BCUT2D eigenvalue weighted by Crippen LogP contribution is -2.27. The number of rotatable bonds is 0. The van der Waals surface area contributed by atoms with Gasteiger partial charge in [0, 0.05) is 0 Å². The number of carbonyl (C=O) groups excluding carboxylic acids is 1. The van der Waals surface area contributed by atoms with Gasteiger partial charge in [0.2, 0.25) is 0 Å². The van der Waals surface area contributed by atoms with Gasteiger partial charge in [-0.25, -0.2) is 0 Å². The topological polar surface area (TPSA) is 60.4 Å². The van der Waals surface area contributed by atoms with Crippen molar-refractivity contribution in [3.05, 3.63) is 0 Å². The van der Waals surface area contributed by atoms with Crippen LogP contribution in [0.4, 0.5) is 0 Å². The van der Waals surface area contributed by atoms with Gasteiger partial charge in [-0.3, -0.25) is 4.79 Å². The molecular formula is C7H10O4S. The molecule has 2 fully saturated rings. The molecule has 2 unspecified atom stereocenters. The molecule has 0 radical (unpaired) electrons. The highest BCUT2D eigenvalue weighted by atomic mass is 32.2. The van der Waals surface area contributed by atoms with Crippen LogP contribution < -0.4 is 0 Å². The normalized spacial score (nSPS) is 38.8. The number of fused-ring (bicyclic) bond motifs is 1. The van der Waals surface area contributed by atoms with Crippen LogP contribution in [-0.2, 0) is 19.1 Å². The van der Waals surface area contributed by atoms with E-state index in [2.05, 4.69) is 4.18 Å². The largest absolute Gasteiger partial charge is 0.345 e. The van der Waals surface area contributed by atoms with Gasteiger partial charge in [-0.05, 0) is 12.8 Å². The van der Waals surface area contributed by atoms with E-state index < -0.39 is 21.3 Å². The van der Waals surface area contributed by atoms with E-state index >= 15 is 0 Å². The Morgan fingerprint density at radius 2 is 1.92 bits per heavy atom. The summed E-state index contributed by atoms with van der Waals surface area (Å²) >= 11 is 0. The Bertz CT molecular complexity index is 305. The zero-order valence-corrected chi connectivity index (χ0v) is 7.34. The first-order chi connectivity index (χ1) is 5.61. The van der Waals surface area contributed by atoms with Crippen molar-refractivity contribution in [2.45, 2.75) is 30.9 Å². The third kappa shape index (κ3) is 1.03. The Morgan fingerprint density at radius 3 is 2.58 bits per heavy atom. The summed E-state index contributed by atoms with van der Waals surface area (Å²) in [5.41, 5.74) is 0. The molecule has 1 heterocycles. The standard InChI is InChI=1S/C7H10O4S/c8-7-5-3-1-2-4-6(5)12(9,10)11-7/h5-6H,1-4H2. The van der Waals surface area contributed by atoms with E-state index in [9.17, 15) is 13.2 Å². The van der Waals surface area contributed by atoms with Crippen LogP contribution in [0.25, 0.3) is 0 Å². The first kappa shape index (κ1) is 8.04. The number of hydrogen-bond donors (Lipinski definition) is 0. The summed E-state index contributed by atoms with van der Waals surface area (Å²) in [4.78, 5) is 11.0. The van der Waals surface area contributed by atoms with Crippen LogP contribution in [0, 0.1) is 5.92 Å². The highest BCUT2D eigenvalue weighted by Crippen LogP contribution is 2.36. The molecule has 0 aromatic rings. The molecule has 68 valence electrons. The lowest BCUT2D eigenvalue weighted by Gasteiger charge is -2.18. The van der Waals surface area contributed by atoms with Gasteiger partial charge in [-0.2, -0.15) is 8.42 Å². The minimum absolute atomic E-state index is 0.372. The van der Waals surface area contributed by atoms with Crippen LogP contribution >= 0.6 is 0 Å². The smallest absolute Gasteiger partial charge is 0.326 e. The Balaban J connectivity index is 2.34. The van der Waals surface area contributed by atoms with Crippen molar-refractivity contribution in [2.75, 3.05) is 0 Å². The molecule has 1 aliphatic heterocycles. The molecule has 4 nitrogen and oxygen atoms in total. The lowest BCUT2D eigenvalue weighted by molar-refractivity contribution is -0.136. The van der Waals surface area contributed by atoms with Crippen LogP contribution in [0.1, 0.15) is 25.7 Å². The highest BCUT2D eigenvalue weighted by molar-refractivity contribution is 7.88. The minimum Gasteiger partial charge on any atom is -0.345 e. The van der Waals surface area contributed by atoms with Crippen LogP contribution in [-0.4, -0.2) is 19.6 Å². The van der Waals surface area contributed by atoms with Crippen molar-refractivity contribution in [3.63, 3.8) is 0 Å². The number of hydrogen-bond acceptors (Lipinski definition) is 4. The van der Waals surface area contributed by atoms with E-state index in [0.29, 0.717) is 12.8 Å². The van der Waals surface area contributed by atoms with Gasteiger partial charge >= 0.3 is 16.1 Å². The van der Waals surface area contributed by atoms with E-state index in [1.54, 1.807) is 0 Å². The zero-order valence-electron chi connectivity index (χ0n) is 6.52. The third-order valence-electron chi connectivity index (χ3n) is 2.57. The minimum atomic E-state index is -3.55. The van der Waals surface area contributed by atoms with Gasteiger partial charge in [-0.1, -0.05) is 12.8 Å². The predicted octanol–water partition coefficient (Wildman–Crippen LogP) is 0.432. The summed E-state index contributed by atoms with van der Waals surface area (Å²) in [6, 6.07) is 0. The van der Waals surface area contributed by atoms with E-state index in [1.807, 2.05) is 0 Å². The van der Waals surface area contributed by atoms with E-state index in [4.69, 9.17) is 0 Å². The average molecular weight is 190 g/mol. The lowest BCUT2D eigenvalue weighted by atomic mass is 9.89. The maximum atomic E-state index is 11.2. The predicted molar refractivity (Wildman–Crippen MR) is 40.8 cm³/mol. The van der Waals surface area contributed by atoms with E-state index in [1.165, 1.54) is 0 Å². The summed E-state index contributed by atoms with van der Waals surface area (Å²) in [6.07, 6.45) is 3.07. The molecule has 0 bridgehead atoms. The van der Waals surface area contributed by atoms with Crippen molar-refractivity contribution in [3.8, 4) is 0 Å². The maximum Gasteiger partial charge on any atom is 0.326 e. The van der Waals surface area contributed by atoms with Crippen molar-refractivity contribution in [1.29, 1.82) is 0 Å². The Kier molecular flexibility index (Phi) is 1.64. The monoisotopic (exact) mass is 190 g/mol. The van der Waals surface area contributed by atoms with Crippen LogP contribution in [0.15, 0.2) is 0 Å². The molecule has 5 heteroatoms. The summed E-state index contributed by atoms with van der Waals surface area (Å²) < 4.78 is 26.7. The quantitative estimate of drug-likeness (QED) is 0.520. The molecule has 0 spiro atoms. The SMILES string of the molecule is O=C1OS(=O)(=O)C2CCCCC12. The summed E-state index contributed by atoms with van der Waals surface area (Å²) in [5, 5.41) is -0.543. The second kappa shape index (κ2) is 2.45. The van der Waals surface area contributed by atoms with Crippen LogP contribution in [0.2, 0.25) is 0 Å². The zero-order chi connectivity index (χ0) is 8.77. The molecule has 0 amide bonds.